The largest absolute Gasteiger partial charge is 0.339 e. The van der Waals surface area contributed by atoms with Crippen molar-refractivity contribution in [2.75, 3.05) is 0 Å². The number of rotatable bonds is 5. The third-order valence-corrected chi connectivity index (χ3v) is 3.31. The highest BCUT2D eigenvalue weighted by atomic mass is 16.6. The zero-order valence-corrected chi connectivity index (χ0v) is 12.2. The summed E-state index contributed by atoms with van der Waals surface area (Å²) in [6.45, 7) is 0. The topological polar surface area (TPSA) is 125 Å². The summed E-state index contributed by atoms with van der Waals surface area (Å²) in [6.07, 6.45) is 0.0963. The molecule has 0 unspecified atom stereocenters. The maximum Gasteiger partial charge on any atom is 0.273 e. The normalized spacial score (nSPS) is 10.5. The van der Waals surface area contributed by atoms with E-state index in [9.17, 15) is 20.2 Å². The van der Waals surface area contributed by atoms with Crippen LogP contribution < -0.4 is 0 Å². The van der Waals surface area contributed by atoms with Gasteiger partial charge in [-0.25, -0.2) is 0 Å². The molecule has 0 spiro atoms. The van der Waals surface area contributed by atoms with Crippen molar-refractivity contribution in [2.24, 2.45) is 0 Å². The quantitative estimate of drug-likeness (QED) is 0.520. The van der Waals surface area contributed by atoms with E-state index in [1.54, 1.807) is 24.3 Å². The first-order chi connectivity index (χ1) is 11.5. The highest BCUT2D eigenvalue weighted by Crippen LogP contribution is 2.24. The molecule has 0 fully saturated rings. The molecule has 24 heavy (non-hydrogen) atoms. The number of aromatic nitrogens is 2. The molecule has 0 N–H and O–H groups in total. The number of nitrogens with zero attached hydrogens (tertiary/aromatic N) is 4. The van der Waals surface area contributed by atoms with Crippen LogP contribution in [0.25, 0.3) is 11.4 Å². The summed E-state index contributed by atoms with van der Waals surface area (Å²) in [5, 5.41) is 25.6. The molecule has 1 aromatic heterocycles. The van der Waals surface area contributed by atoms with Crippen molar-refractivity contribution in [3.05, 3.63) is 80.2 Å². The van der Waals surface area contributed by atoms with E-state index >= 15 is 0 Å². The Morgan fingerprint density at radius 3 is 2.54 bits per heavy atom. The van der Waals surface area contributed by atoms with Crippen LogP contribution in [0.1, 0.15) is 11.5 Å². The van der Waals surface area contributed by atoms with Crippen LogP contribution in [-0.2, 0) is 6.42 Å². The summed E-state index contributed by atoms with van der Waals surface area (Å²) in [5.74, 6) is 0.373. The summed E-state index contributed by atoms with van der Waals surface area (Å²) in [5.41, 5.74) is 0.753. The average molecular weight is 326 g/mol. The van der Waals surface area contributed by atoms with E-state index in [1.807, 2.05) is 0 Å². The highest BCUT2D eigenvalue weighted by Gasteiger charge is 2.17. The van der Waals surface area contributed by atoms with Crippen LogP contribution in [0, 0.1) is 20.2 Å². The number of hydrogen-bond donors (Lipinski definition) is 0. The average Bonchev–Trinajstić information content (AvgIpc) is 3.04. The van der Waals surface area contributed by atoms with Gasteiger partial charge in [-0.05, 0) is 0 Å². The van der Waals surface area contributed by atoms with E-state index < -0.39 is 9.85 Å². The van der Waals surface area contributed by atoms with Crippen molar-refractivity contribution in [1.29, 1.82) is 0 Å². The van der Waals surface area contributed by atoms with Gasteiger partial charge in [0.2, 0.25) is 11.7 Å². The number of non-ortho nitro benzene ring substituents is 1. The summed E-state index contributed by atoms with van der Waals surface area (Å²) >= 11 is 0. The van der Waals surface area contributed by atoms with Gasteiger partial charge in [0, 0.05) is 29.3 Å². The summed E-state index contributed by atoms with van der Waals surface area (Å²) < 4.78 is 5.10. The maximum atomic E-state index is 11.0. The number of nitro benzene ring substituents is 2. The molecule has 1 heterocycles. The molecule has 3 aromatic rings. The third kappa shape index (κ3) is 3.09. The Morgan fingerprint density at radius 2 is 1.79 bits per heavy atom. The summed E-state index contributed by atoms with van der Waals surface area (Å²) in [4.78, 5) is 25.0. The van der Waals surface area contributed by atoms with Gasteiger partial charge in [-0.2, -0.15) is 4.98 Å². The van der Waals surface area contributed by atoms with Crippen LogP contribution in [-0.4, -0.2) is 20.0 Å². The molecule has 0 aliphatic rings. The van der Waals surface area contributed by atoms with Crippen molar-refractivity contribution < 1.29 is 14.4 Å². The van der Waals surface area contributed by atoms with Crippen LogP contribution in [0.5, 0.6) is 0 Å². The molecule has 0 atom stereocenters. The van der Waals surface area contributed by atoms with E-state index in [4.69, 9.17) is 4.52 Å². The Morgan fingerprint density at radius 1 is 1.00 bits per heavy atom. The lowest BCUT2D eigenvalue weighted by Gasteiger charge is -1.98. The van der Waals surface area contributed by atoms with Crippen molar-refractivity contribution in [1.82, 2.24) is 10.1 Å². The number of para-hydroxylation sites is 1. The zero-order chi connectivity index (χ0) is 17.1. The van der Waals surface area contributed by atoms with Gasteiger partial charge >= 0.3 is 0 Å². The Balaban J connectivity index is 1.88. The van der Waals surface area contributed by atoms with Gasteiger partial charge in [-0.15, -0.1) is 0 Å². The lowest BCUT2D eigenvalue weighted by atomic mass is 10.1. The first kappa shape index (κ1) is 15.3. The highest BCUT2D eigenvalue weighted by molar-refractivity contribution is 5.58. The molecule has 120 valence electrons. The second-order valence-electron chi connectivity index (χ2n) is 4.88. The number of benzene rings is 2. The maximum absolute atomic E-state index is 11.0. The van der Waals surface area contributed by atoms with Crippen LogP contribution in [0.3, 0.4) is 0 Å². The predicted molar refractivity (Wildman–Crippen MR) is 82.3 cm³/mol. The van der Waals surface area contributed by atoms with Gasteiger partial charge in [0.15, 0.2) is 0 Å². The van der Waals surface area contributed by atoms with Gasteiger partial charge in [0.25, 0.3) is 11.4 Å². The van der Waals surface area contributed by atoms with Gasteiger partial charge in [-0.3, -0.25) is 20.2 Å². The Kier molecular flexibility index (Phi) is 3.98. The third-order valence-electron chi connectivity index (χ3n) is 3.31. The van der Waals surface area contributed by atoms with Crippen molar-refractivity contribution in [2.45, 2.75) is 6.42 Å². The lowest BCUT2D eigenvalue weighted by Crippen LogP contribution is -1.96. The lowest BCUT2D eigenvalue weighted by molar-refractivity contribution is -0.385. The minimum atomic E-state index is -0.516. The van der Waals surface area contributed by atoms with E-state index in [2.05, 4.69) is 10.1 Å². The monoisotopic (exact) mass is 326 g/mol. The van der Waals surface area contributed by atoms with Crippen LogP contribution >= 0.6 is 0 Å². The van der Waals surface area contributed by atoms with Crippen molar-refractivity contribution >= 4 is 11.4 Å². The molecule has 0 amide bonds. The second-order valence-corrected chi connectivity index (χ2v) is 4.88. The fourth-order valence-electron chi connectivity index (χ4n) is 2.20. The van der Waals surface area contributed by atoms with Crippen molar-refractivity contribution in [3.63, 3.8) is 0 Å². The van der Waals surface area contributed by atoms with Crippen LogP contribution in [0.2, 0.25) is 0 Å². The first-order valence-electron chi connectivity index (χ1n) is 6.84. The molecule has 2 aromatic carbocycles. The minimum absolute atomic E-state index is 0.0346. The van der Waals surface area contributed by atoms with Crippen molar-refractivity contribution in [3.8, 4) is 11.4 Å². The molecule has 3 rings (SSSR count). The van der Waals surface area contributed by atoms with E-state index in [0.29, 0.717) is 11.1 Å². The Labute approximate surface area is 134 Å². The van der Waals surface area contributed by atoms with Gasteiger partial charge in [-0.1, -0.05) is 35.5 Å². The number of nitro groups is 2. The predicted octanol–water partition coefficient (Wildman–Crippen LogP) is 3.14. The second kappa shape index (κ2) is 6.24. The van der Waals surface area contributed by atoms with Gasteiger partial charge in [0.05, 0.1) is 16.3 Å². The molecule has 0 bridgehead atoms. The summed E-state index contributed by atoms with van der Waals surface area (Å²) in [7, 11) is 0. The molecule has 0 saturated carbocycles. The first-order valence-corrected chi connectivity index (χ1v) is 6.84. The molecule has 0 aliphatic heterocycles. The smallest absolute Gasteiger partial charge is 0.273 e. The Bertz CT molecular complexity index is 921. The minimum Gasteiger partial charge on any atom is -0.339 e. The zero-order valence-electron chi connectivity index (χ0n) is 12.2. The van der Waals surface area contributed by atoms with Crippen LogP contribution in [0.15, 0.2) is 53.1 Å². The van der Waals surface area contributed by atoms with E-state index in [1.165, 1.54) is 24.3 Å². The van der Waals surface area contributed by atoms with Gasteiger partial charge in [0.1, 0.15) is 0 Å². The van der Waals surface area contributed by atoms with Crippen LogP contribution in [0.4, 0.5) is 11.4 Å². The fraction of sp³-hybridized carbons (Fsp3) is 0.0667. The molecule has 0 radical (unpaired) electrons. The molecular formula is C15H10N4O5. The molecule has 0 saturated heterocycles. The molecule has 9 nitrogen and oxygen atoms in total. The fourth-order valence-corrected chi connectivity index (χ4v) is 2.20. The SMILES string of the molecule is O=[N+]([O-])c1cccc(-c2noc(Cc3ccccc3[N+](=O)[O-])n2)c1. The Hall–Kier alpha value is -3.62. The molecule has 0 aliphatic carbocycles. The van der Waals surface area contributed by atoms with Gasteiger partial charge < -0.3 is 4.52 Å². The number of hydrogen-bond acceptors (Lipinski definition) is 7. The van der Waals surface area contributed by atoms with E-state index in [-0.39, 0.29) is 29.5 Å². The van der Waals surface area contributed by atoms with E-state index in [0.717, 1.165) is 0 Å². The standard InChI is InChI=1S/C15H10N4O5/c20-18(21)12-6-3-5-11(8-12)15-16-14(24-17-15)9-10-4-1-2-7-13(10)19(22)23/h1-8H,9H2. The summed E-state index contributed by atoms with van der Waals surface area (Å²) in [6, 6.07) is 12.1. The molecule has 9 heteroatoms. The molecular weight excluding hydrogens is 316 g/mol.